The number of likely N-dealkylation sites (tertiary alicyclic amines) is 1. The van der Waals surface area contributed by atoms with Crippen LogP contribution in [0.25, 0.3) is 0 Å². The van der Waals surface area contributed by atoms with Gasteiger partial charge in [-0.1, -0.05) is 18.2 Å². The van der Waals surface area contributed by atoms with Gasteiger partial charge in [0.15, 0.2) is 0 Å². The molecule has 0 saturated carbocycles. The molecule has 0 amide bonds. The topological polar surface area (TPSA) is 39.5 Å². The zero-order chi connectivity index (χ0) is 16.3. The Kier molecular flexibility index (Phi) is 4.68. The van der Waals surface area contributed by atoms with Gasteiger partial charge in [-0.3, -0.25) is 4.90 Å². The van der Waals surface area contributed by atoms with E-state index in [-0.39, 0.29) is 5.60 Å². The summed E-state index contributed by atoms with van der Waals surface area (Å²) in [4.78, 5) is 6.59. The summed E-state index contributed by atoms with van der Waals surface area (Å²) in [6.45, 7) is 5.43. The van der Waals surface area contributed by atoms with Gasteiger partial charge < -0.3 is 14.0 Å². The summed E-state index contributed by atoms with van der Waals surface area (Å²) in [5.74, 6) is 0.939. The third-order valence-electron chi connectivity index (χ3n) is 4.71. The van der Waals surface area contributed by atoms with Crippen LogP contribution in [0.4, 0.5) is 0 Å². The summed E-state index contributed by atoms with van der Waals surface area (Å²) in [5.41, 5.74) is 2.14. The highest BCUT2D eigenvalue weighted by molar-refractivity contribution is 5.31. The van der Waals surface area contributed by atoms with Crippen LogP contribution in [0.2, 0.25) is 0 Å². The van der Waals surface area contributed by atoms with Crippen molar-refractivity contribution in [2.24, 2.45) is 7.05 Å². The second kappa shape index (κ2) is 6.72. The van der Waals surface area contributed by atoms with Gasteiger partial charge in [-0.2, -0.15) is 0 Å². The van der Waals surface area contributed by atoms with Crippen molar-refractivity contribution in [1.82, 2.24) is 14.5 Å². The summed E-state index contributed by atoms with van der Waals surface area (Å²) < 4.78 is 14.0. The first kappa shape index (κ1) is 16.0. The predicted octanol–water partition coefficient (Wildman–Crippen LogP) is 2.40. The fourth-order valence-electron chi connectivity index (χ4n) is 3.10. The zero-order valence-corrected chi connectivity index (χ0v) is 14.2. The number of nitrogens with zero attached hydrogens (tertiary/aromatic N) is 3. The average Bonchev–Trinajstić information content (AvgIpc) is 3.15. The normalized spacial score (nSPS) is 21.7. The molecule has 1 fully saturated rings. The van der Waals surface area contributed by atoms with Gasteiger partial charge in [0, 0.05) is 40.0 Å². The molecule has 5 nitrogen and oxygen atoms in total. The molecular weight excluding hydrogens is 290 g/mol. The number of benzene rings is 1. The highest BCUT2D eigenvalue weighted by atomic mass is 16.5. The largest absolute Gasteiger partial charge is 0.490 e. The van der Waals surface area contributed by atoms with Crippen molar-refractivity contribution < 1.29 is 9.47 Å². The fraction of sp³-hybridized carbons (Fsp3) is 0.500. The predicted molar refractivity (Wildman–Crippen MR) is 89.5 cm³/mol. The van der Waals surface area contributed by atoms with E-state index in [0.717, 1.165) is 37.4 Å². The lowest BCUT2D eigenvalue weighted by Crippen LogP contribution is -2.41. The average molecular weight is 315 g/mol. The molecule has 1 unspecified atom stereocenters. The molecule has 0 spiro atoms. The van der Waals surface area contributed by atoms with E-state index in [9.17, 15) is 0 Å². The first-order chi connectivity index (χ1) is 11.1. The Morgan fingerprint density at radius 3 is 2.83 bits per heavy atom. The van der Waals surface area contributed by atoms with Crippen molar-refractivity contribution in [3.63, 3.8) is 0 Å². The number of rotatable bonds is 6. The lowest BCUT2D eigenvalue weighted by molar-refractivity contribution is -0.0361. The molecule has 1 aromatic carbocycles. The van der Waals surface area contributed by atoms with Crippen LogP contribution in [0.3, 0.4) is 0 Å². The van der Waals surface area contributed by atoms with Crippen LogP contribution >= 0.6 is 0 Å². The molecule has 5 heteroatoms. The monoisotopic (exact) mass is 315 g/mol. The van der Waals surface area contributed by atoms with E-state index in [0.29, 0.717) is 6.61 Å². The zero-order valence-electron chi connectivity index (χ0n) is 14.2. The van der Waals surface area contributed by atoms with Gasteiger partial charge in [0.2, 0.25) is 0 Å². The summed E-state index contributed by atoms with van der Waals surface area (Å²) in [6.07, 6.45) is 4.75. The molecule has 2 aromatic rings. The van der Waals surface area contributed by atoms with Crippen LogP contribution in [-0.4, -0.2) is 46.9 Å². The molecule has 0 bridgehead atoms. The van der Waals surface area contributed by atoms with Gasteiger partial charge in [-0.15, -0.1) is 0 Å². The molecule has 1 aromatic heterocycles. The Bertz CT molecular complexity index is 655. The Hall–Kier alpha value is -1.85. The maximum atomic E-state index is 6.05. The summed E-state index contributed by atoms with van der Waals surface area (Å²) in [5, 5.41) is 0. The van der Waals surface area contributed by atoms with E-state index < -0.39 is 0 Å². The molecule has 23 heavy (non-hydrogen) atoms. The lowest BCUT2D eigenvalue weighted by Gasteiger charge is -2.28. The minimum absolute atomic E-state index is 0.235. The fourth-order valence-corrected chi connectivity index (χ4v) is 3.10. The molecule has 0 N–H and O–H groups in total. The van der Waals surface area contributed by atoms with Gasteiger partial charge in [-0.25, -0.2) is 4.98 Å². The van der Waals surface area contributed by atoms with Crippen molar-refractivity contribution in [2.75, 3.05) is 26.8 Å². The third kappa shape index (κ3) is 3.57. The quantitative estimate of drug-likeness (QED) is 0.820. The van der Waals surface area contributed by atoms with E-state index >= 15 is 0 Å². The van der Waals surface area contributed by atoms with Crippen molar-refractivity contribution in [3.8, 4) is 5.75 Å². The van der Waals surface area contributed by atoms with Crippen LogP contribution in [0.1, 0.15) is 17.7 Å². The number of methoxy groups -OCH3 is 1. The Labute approximate surface area is 137 Å². The minimum atomic E-state index is -0.235. The molecule has 124 valence electrons. The second-order valence-electron chi connectivity index (χ2n) is 6.40. The third-order valence-corrected chi connectivity index (χ3v) is 4.71. The van der Waals surface area contributed by atoms with Crippen molar-refractivity contribution >= 4 is 0 Å². The van der Waals surface area contributed by atoms with Gasteiger partial charge in [0.25, 0.3) is 0 Å². The SMILES string of the molecule is COC1(COc2ccccc2C)CCN(Cc2cncn2C)C1. The van der Waals surface area contributed by atoms with Crippen LogP contribution in [0.15, 0.2) is 36.8 Å². The Morgan fingerprint density at radius 1 is 1.30 bits per heavy atom. The number of aromatic nitrogens is 2. The molecule has 1 atom stereocenters. The molecule has 2 heterocycles. The smallest absolute Gasteiger partial charge is 0.122 e. The Balaban J connectivity index is 1.61. The van der Waals surface area contributed by atoms with E-state index in [4.69, 9.17) is 9.47 Å². The highest BCUT2D eigenvalue weighted by Gasteiger charge is 2.39. The first-order valence-electron chi connectivity index (χ1n) is 8.03. The molecule has 1 aliphatic heterocycles. The van der Waals surface area contributed by atoms with Crippen LogP contribution in [0, 0.1) is 6.92 Å². The number of ether oxygens (including phenoxy) is 2. The number of para-hydroxylation sites is 1. The van der Waals surface area contributed by atoms with Crippen LogP contribution < -0.4 is 4.74 Å². The molecule has 0 radical (unpaired) electrons. The molecule has 1 aliphatic rings. The standard InChI is InChI=1S/C18H25N3O2/c1-15-6-4-5-7-17(15)23-13-18(22-3)8-9-21(12-18)11-16-10-19-14-20(16)2/h4-7,10,14H,8-9,11-13H2,1-3H3. The maximum Gasteiger partial charge on any atom is 0.122 e. The Morgan fingerprint density at radius 2 is 2.13 bits per heavy atom. The lowest BCUT2D eigenvalue weighted by atomic mass is 10.0. The minimum Gasteiger partial charge on any atom is -0.490 e. The van der Waals surface area contributed by atoms with Crippen molar-refractivity contribution in [3.05, 3.63) is 48.0 Å². The van der Waals surface area contributed by atoms with Gasteiger partial charge in [-0.05, 0) is 25.0 Å². The molecule has 3 rings (SSSR count). The van der Waals surface area contributed by atoms with Gasteiger partial charge in [0.05, 0.1) is 12.0 Å². The van der Waals surface area contributed by atoms with Crippen molar-refractivity contribution in [2.45, 2.75) is 25.5 Å². The number of aryl methyl sites for hydroxylation is 2. The van der Waals surface area contributed by atoms with E-state index in [1.165, 1.54) is 5.69 Å². The second-order valence-corrected chi connectivity index (χ2v) is 6.40. The molecule has 0 aliphatic carbocycles. The maximum absolute atomic E-state index is 6.05. The van der Waals surface area contributed by atoms with E-state index in [1.54, 1.807) is 7.11 Å². The molecule has 1 saturated heterocycles. The van der Waals surface area contributed by atoms with E-state index in [1.807, 2.05) is 37.8 Å². The molecular formula is C18H25N3O2. The first-order valence-corrected chi connectivity index (χ1v) is 8.03. The number of hydrogen-bond acceptors (Lipinski definition) is 4. The van der Waals surface area contributed by atoms with Crippen molar-refractivity contribution in [1.29, 1.82) is 0 Å². The number of imidazole rings is 1. The van der Waals surface area contributed by atoms with E-state index in [2.05, 4.69) is 27.4 Å². The highest BCUT2D eigenvalue weighted by Crippen LogP contribution is 2.28. The van der Waals surface area contributed by atoms with Crippen LogP contribution in [0.5, 0.6) is 5.75 Å². The number of hydrogen-bond donors (Lipinski definition) is 0. The van der Waals surface area contributed by atoms with Gasteiger partial charge in [0.1, 0.15) is 18.0 Å². The van der Waals surface area contributed by atoms with Crippen LogP contribution in [-0.2, 0) is 18.3 Å². The van der Waals surface area contributed by atoms with Gasteiger partial charge >= 0.3 is 0 Å². The summed E-state index contributed by atoms with van der Waals surface area (Å²) >= 11 is 0. The summed E-state index contributed by atoms with van der Waals surface area (Å²) in [7, 11) is 3.82. The summed E-state index contributed by atoms with van der Waals surface area (Å²) in [6, 6.07) is 8.11.